The second-order valence-corrected chi connectivity index (χ2v) is 12.0. The smallest absolute Gasteiger partial charge is 0.245 e. The quantitative estimate of drug-likeness (QED) is 0.776. The lowest BCUT2D eigenvalue weighted by molar-refractivity contribution is -0.118. The van der Waals surface area contributed by atoms with Crippen molar-refractivity contribution in [1.29, 1.82) is 0 Å². The number of hydrogen-bond acceptors (Lipinski definition) is 4. The maximum Gasteiger partial charge on any atom is 0.245 e. The van der Waals surface area contributed by atoms with Gasteiger partial charge in [0.15, 0.2) is 14.6 Å². The van der Waals surface area contributed by atoms with Gasteiger partial charge in [-0.3, -0.25) is 9.00 Å². The van der Waals surface area contributed by atoms with Crippen LogP contribution in [0.1, 0.15) is 63.4 Å². The van der Waals surface area contributed by atoms with Gasteiger partial charge in [-0.1, -0.05) is 44.2 Å². The molecule has 2 fully saturated rings. The summed E-state index contributed by atoms with van der Waals surface area (Å²) >= 11 is 0. The summed E-state index contributed by atoms with van der Waals surface area (Å²) in [5.41, 5.74) is 1.49. The van der Waals surface area contributed by atoms with Crippen molar-refractivity contribution in [2.24, 2.45) is 0 Å². The zero-order valence-corrected chi connectivity index (χ0v) is 17.5. The fourth-order valence-corrected chi connectivity index (χ4v) is 7.33. The van der Waals surface area contributed by atoms with Crippen LogP contribution in [-0.4, -0.2) is 34.8 Å². The summed E-state index contributed by atoms with van der Waals surface area (Å²) in [7, 11) is -4.40. The van der Waals surface area contributed by atoms with Crippen molar-refractivity contribution in [3.8, 4) is 0 Å². The van der Waals surface area contributed by atoms with Crippen molar-refractivity contribution in [1.82, 2.24) is 0 Å². The monoisotopic (exact) mass is 411 g/mol. The number of nitrogens with one attached hydrogen (secondary N) is 1. The highest BCUT2D eigenvalue weighted by Gasteiger charge is 2.49. The Morgan fingerprint density at radius 3 is 2.44 bits per heavy atom. The molecule has 0 bridgehead atoms. The summed E-state index contributed by atoms with van der Waals surface area (Å²) < 4.78 is 35.9. The molecule has 1 aromatic rings. The van der Waals surface area contributed by atoms with E-state index in [1.807, 2.05) is 18.2 Å². The predicted molar refractivity (Wildman–Crippen MR) is 110 cm³/mol. The van der Waals surface area contributed by atoms with E-state index in [-0.39, 0.29) is 5.25 Å². The zero-order valence-electron chi connectivity index (χ0n) is 15.9. The Bertz CT molecular complexity index is 807. The van der Waals surface area contributed by atoms with Crippen LogP contribution in [0.25, 0.3) is 0 Å². The van der Waals surface area contributed by atoms with Crippen LogP contribution in [0.2, 0.25) is 0 Å². The van der Waals surface area contributed by atoms with E-state index < -0.39 is 31.3 Å². The number of carbonyl (C=O) groups excluding carboxylic acids is 1. The lowest BCUT2D eigenvalue weighted by atomic mass is 10.0. The van der Waals surface area contributed by atoms with Gasteiger partial charge < -0.3 is 5.32 Å². The maximum absolute atomic E-state index is 12.8. The molecule has 150 valence electrons. The highest BCUT2D eigenvalue weighted by atomic mass is 32.2. The largest absolute Gasteiger partial charge is 0.325 e. The fourth-order valence-electron chi connectivity index (χ4n) is 4.31. The summed E-state index contributed by atoms with van der Waals surface area (Å²) in [5.74, 6) is 0.0408. The normalized spacial score (nSPS) is 21.7. The molecule has 2 aliphatic carbocycles. The van der Waals surface area contributed by atoms with Crippen LogP contribution in [0, 0.1) is 0 Å². The van der Waals surface area contributed by atoms with Crippen LogP contribution >= 0.6 is 0 Å². The number of anilines is 1. The molecule has 5 nitrogen and oxygen atoms in total. The van der Waals surface area contributed by atoms with Gasteiger partial charge in [0.05, 0.1) is 0 Å². The molecule has 1 N–H and O–H groups in total. The van der Waals surface area contributed by atoms with E-state index in [0.29, 0.717) is 24.3 Å². The van der Waals surface area contributed by atoms with Crippen molar-refractivity contribution in [3.05, 3.63) is 29.8 Å². The summed E-state index contributed by atoms with van der Waals surface area (Å²) in [6, 6.07) is 7.32. The molecule has 1 unspecified atom stereocenters. The number of amides is 1. The Hall–Kier alpha value is -1.21. The second kappa shape index (κ2) is 8.43. The molecule has 0 aliphatic heterocycles. The molecule has 1 amide bonds. The third kappa shape index (κ3) is 4.62. The van der Waals surface area contributed by atoms with Crippen LogP contribution in [0.15, 0.2) is 24.3 Å². The Morgan fingerprint density at radius 1 is 1.15 bits per heavy atom. The first-order chi connectivity index (χ1) is 12.8. The Labute approximate surface area is 164 Å². The van der Waals surface area contributed by atoms with Gasteiger partial charge in [0, 0.05) is 33.7 Å². The summed E-state index contributed by atoms with van der Waals surface area (Å²) in [6.45, 7) is 0. The van der Waals surface area contributed by atoms with Gasteiger partial charge in [0.1, 0.15) is 0 Å². The van der Waals surface area contributed by atoms with E-state index in [4.69, 9.17) is 0 Å². The van der Waals surface area contributed by atoms with E-state index >= 15 is 0 Å². The van der Waals surface area contributed by atoms with Crippen LogP contribution in [0.4, 0.5) is 5.69 Å². The van der Waals surface area contributed by atoms with Crippen molar-refractivity contribution >= 4 is 32.2 Å². The minimum atomic E-state index is -3.49. The lowest BCUT2D eigenvalue weighted by Gasteiger charge is -2.25. The van der Waals surface area contributed by atoms with E-state index in [1.54, 1.807) is 6.07 Å². The van der Waals surface area contributed by atoms with Gasteiger partial charge in [-0.05, 0) is 43.4 Å². The van der Waals surface area contributed by atoms with Gasteiger partial charge in [-0.15, -0.1) is 0 Å². The number of hydrogen-bond donors (Lipinski definition) is 1. The first-order valence-corrected chi connectivity index (χ1v) is 13.1. The number of rotatable bonds is 6. The third-order valence-corrected chi connectivity index (χ3v) is 9.80. The highest BCUT2D eigenvalue weighted by Crippen LogP contribution is 2.37. The first-order valence-electron chi connectivity index (χ1n) is 9.79. The van der Waals surface area contributed by atoms with E-state index in [9.17, 15) is 17.4 Å². The minimum absolute atomic E-state index is 0.268. The van der Waals surface area contributed by atoms with Crippen molar-refractivity contribution in [2.75, 3.05) is 11.6 Å². The van der Waals surface area contributed by atoms with Gasteiger partial charge in [0.2, 0.25) is 5.91 Å². The topological polar surface area (TPSA) is 80.3 Å². The van der Waals surface area contributed by atoms with Gasteiger partial charge >= 0.3 is 0 Å². The number of sulfone groups is 1. The molecule has 0 saturated heterocycles. The summed E-state index contributed by atoms with van der Waals surface area (Å²) in [5, 5.41) is 3.07. The Kier molecular flexibility index (Phi) is 6.41. The molecule has 2 aliphatic rings. The molecule has 7 heteroatoms. The number of carbonyl (C=O) groups is 1. The standard InChI is InChI=1S/C20H29NO4S2/c1-27(24,25)20(12-5-6-13-20)19(22)21-17-9-7-8-16(14-17)15-26(23)18-10-3-2-4-11-18/h7-9,14,18H,2-6,10-13,15H2,1H3,(H,21,22). The zero-order chi connectivity index (χ0) is 19.5. The molecular weight excluding hydrogens is 382 g/mol. The Balaban J connectivity index is 1.70. The maximum atomic E-state index is 12.8. The SMILES string of the molecule is CS(=O)(=O)C1(C(=O)Nc2cccc(CS(=O)C3CCCCC3)c2)CCCC1. The third-order valence-electron chi connectivity index (χ3n) is 5.95. The molecule has 2 saturated carbocycles. The van der Waals surface area contributed by atoms with Crippen LogP contribution in [0.3, 0.4) is 0 Å². The van der Waals surface area contributed by atoms with Crippen LogP contribution in [-0.2, 0) is 31.2 Å². The predicted octanol–water partition coefficient (Wildman–Crippen LogP) is 3.56. The molecule has 1 aromatic carbocycles. The molecule has 1 atom stereocenters. The van der Waals surface area contributed by atoms with E-state index in [1.165, 1.54) is 6.42 Å². The van der Waals surface area contributed by atoms with Crippen molar-refractivity contribution in [3.63, 3.8) is 0 Å². The average molecular weight is 412 g/mol. The molecule has 3 rings (SSSR count). The van der Waals surface area contributed by atoms with Gasteiger partial charge in [0.25, 0.3) is 0 Å². The fraction of sp³-hybridized carbons (Fsp3) is 0.650. The lowest BCUT2D eigenvalue weighted by Crippen LogP contribution is -2.47. The number of benzene rings is 1. The van der Waals surface area contributed by atoms with Crippen molar-refractivity contribution in [2.45, 2.75) is 73.5 Å². The molecule has 0 aromatic heterocycles. The Morgan fingerprint density at radius 2 is 1.81 bits per heavy atom. The van der Waals surface area contributed by atoms with Crippen molar-refractivity contribution < 1.29 is 17.4 Å². The van der Waals surface area contributed by atoms with E-state index in [2.05, 4.69) is 5.32 Å². The molecule has 0 radical (unpaired) electrons. The average Bonchev–Trinajstić information content (AvgIpc) is 3.14. The van der Waals surface area contributed by atoms with Gasteiger partial charge in [-0.2, -0.15) is 0 Å². The molecule has 0 heterocycles. The summed E-state index contributed by atoms with van der Waals surface area (Å²) in [4.78, 5) is 12.8. The highest BCUT2D eigenvalue weighted by molar-refractivity contribution is 7.93. The van der Waals surface area contributed by atoms with Gasteiger partial charge in [-0.25, -0.2) is 8.42 Å². The minimum Gasteiger partial charge on any atom is -0.325 e. The molecule has 0 spiro atoms. The summed E-state index contributed by atoms with van der Waals surface area (Å²) in [6.07, 6.45) is 9.01. The molecular formula is C20H29NO4S2. The first kappa shape index (κ1) is 20.5. The second-order valence-electron chi connectivity index (χ2n) is 7.91. The molecule has 27 heavy (non-hydrogen) atoms. The van der Waals surface area contributed by atoms with Crippen LogP contribution < -0.4 is 5.32 Å². The van der Waals surface area contributed by atoms with E-state index in [0.717, 1.165) is 50.3 Å². The van der Waals surface area contributed by atoms with Crippen LogP contribution in [0.5, 0.6) is 0 Å².